The van der Waals surface area contributed by atoms with E-state index in [0.717, 1.165) is 63.8 Å². The van der Waals surface area contributed by atoms with Crippen LogP contribution in [0.2, 0.25) is 0 Å². The molecule has 1 heterocycles. The number of hydrogen-bond donors (Lipinski definition) is 2. The van der Waals surface area contributed by atoms with Crippen LogP contribution in [0.3, 0.4) is 0 Å². The fourth-order valence-corrected chi connectivity index (χ4v) is 4.84. The molecule has 158 valence electrons. The van der Waals surface area contributed by atoms with Gasteiger partial charge in [0.25, 0.3) is 0 Å². The first-order chi connectivity index (χ1) is 14.2. The average molecular weight is 398 g/mol. The number of carbonyl (C=O) groups is 2. The van der Waals surface area contributed by atoms with Crippen molar-refractivity contribution in [2.45, 2.75) is 76.8 Å². The molecular weight excluding hydrogens is 362 g/mol. The van der Waals surface area contributed by atoms with Gasteiger partial charge in [0.1, 0.15) is 0 Å². The molecule has 1 saturated heterocycles. The zero-order valence-corrected chi connectivity index (χ0v) is 17.5. The lowest BCUT2D eigenvalue weighted by Gasteiger charge is -2.33. The number of amides is 2. The number of hydrogen-bond acceptors (Lipinski definition) is 3. The van der Waals surface area contributed by atoms with E-state index in [9.17, 15) is 9.59 Å². The van der Waals surface area contributed by atoms with Gasteiger partial charge in [-0.1, -0.05) is 37.8 Å². The molecule has 2 aliphatic carbocycles. The number of nitrogens with one attached hydrogen (secondary N) is 2. The van der Waals surface area contributed by atoms with Crippen molar-refractivity contribution < 1.29 is 9.59 Å². The Morgan fingerprint density at radius 3 is 2.28 bits per heavy atom. The molecule has 2 N–H and O–H groups in total. The molecule has 29 heavy (non-hydrogen) atoms. The lowest BCUT2D eigenvalue weighted by Crippen LogP contribution is -2.44. The third-order valence-corrected chi connectivity index (χ3v) is 6.99. The van der Waals surface area contributed by atoms with Gasteiger partial charge in [0.15, 0.2) is 0 Å². The van der Waals surface area contributed by atoms with Crippen molar-refractivity contribution >= 4 is 17.5 Å². The summed E-state index contributed by atoms with van der Waals surface area (Å²) in [6, 6.07) is 8.63. The molecule has 4 rings (SSSR count). The van der Waals surface area contributed by atoms with Crippen molar-refractivity contribution in [1.82, 2.24) is 10.2 Å². The number of piperidine rings is 1. The molecule has 1 aromatic carbocycles. The lowest BCUT2D eigenvalue weighted by atomic mass is 9.85. The normalized spacial score (nSPS) is 22.1. The second-order valence-electron chi connectivity index (χ2n) is 9.21. The van der Waals surface area contributed by atoms with Crippen molar-refractivity contribution in [2.24, 2.45) is 11.8 Å². The summed E-state index contributed by atoms with van der Waals surface area (Å²) in [6.07, 6.45) is 11.2. The van der Waals surface area contributed by atoms with Gasteiger partial charge in [0, 0.05) is 30.1 Å². The smallest absolute Gasteiger partial charge is 0.227 e. The summed E-state index contributed by atoms with van der Waals surface area (Å²) in [5.41, 5.74) is 2.13. The van der Waals surface area contributed by atoms with E-state index < -0.39 is 0 Å². The molecule has 0 atom stereocenters. The van der Waals surface area contributed by atoms with E-state index in [-0.39, 0.29) is 23.7 Å². The lowest BCUT2D eigenvalue weighted by molar-refractivity contribution is -0.127. The zero-order chi connectivity index (χ0) is 20.1. The monoisotopic (exact) mass is 397 g/mol. The quantitative estimate of drug-likeness (QED) is 0.760. The molecule has 1 aliphatic heterocycles. The van der Waals surface area contributed by atoms with Crippen molar-refractivity contribution in [2.75, 3.05) is 18.4 Å². The number of nitrogens with zero attached hydrogens (tertiary/aromatic N) is 1. The van der Waals surface area contributed by atoms with Gasteiger partial charge in [0.05, 0.1) is 0 Å². The van der Waals surface area contributed by atoms with Crippen LogP contribution in [-0.4, -0.2) is 35.8 Å². The fraction of sp³-hybridized carbons (Fsp3) is 0.667. The number of anilines is 1. The highest BCUT2D eigenvalue weighted by Crippen LogP contribution is 2.28. The van der Waals surface area contributed by atoms with Crippen LogP contribution in [0.15, 0.2) is 24.3 Å². The second-order valence-corrected chi connectivity index (χ2v) is 9.21. The topological polar surface area (TPSA) is 61.4 Å². The van der Waals surface area contributed by atoms with E-state index in [1.165, 1.54) is 31.2 Å². The molecule has 3 aliphatic rings. The Bertz CT molecular complexity index is 702. The maximum Gasteiger partial charge on any atom is 0.227 e. The molecule has 5 nitrogen and oxygen atoms in total. The second kappa shape index (κ2) is 9.75. The van der Waals surface area contributed by atoms with E-state index in [0.29, 0.717) is 6.04 Å². The Labute approximate surface area is 174 Å². The number of carbonyl (C=O) groups excluding carboxylic acids is 2. The fourth-order valence-electron chi connectivity index (χ4n) is 4.84. The first kappa shape index (κ1) is 20.4. The molecule has 1 aromatic rings. The van der Waals surface area contributed by atoms with Gasteiger partial charge in [0.2, 0.25) is 11.8 Å². The van der Waals surface area contributed by atoms with Crippen LogP contribution in [0, 0.1) is 11.8 Å². The average Bonchev–Trinajstić information content (AvgIpc) is 2.68. The number of likely N-dealkylation sites (tertiary alicyclic amines) is 1. The van der Waals surface area contributed by atoms with Crippen molar-refractivity contribution in [3.05, 3.63) is 29.8 Å². The summed E-state index contributed by atoms with van der Waals surface area (Å²) in [5.74, 6) is 0.814. The SMILES string of the molecule is O=C(Nc1cccc(CN2CCC(C(=O)NC3CCCCC3)CC2)c1)C1CCC1. The predicted molar refractivity (Wildman–Crippen MR) is 115 cm³/mol. The summed E-state index contributed by atoms with van der Waals surface area (Å²) in [4.78, 5) is 27.2. The van der Waals surface area contributed by atoms with Gasteiger partial charge in [-0.2, -0.15) is 0 Å². The predicted octanol–water partition coefficient (Wildman–Crippen LogP) is 4.09. The molecule has 3 fully saturated rings. The van der Waals surface area contributed by atoms with Gasteiger partial charge in [-0.3, -0.25) is 14.5 Å². The third kappa shape index (κ3) is 5.59. The molecule has 5 heteroatoms. The van der Waals surface area contributed by atoms with Gasteiger partial charge < -0.3 is 10.6 Å². The molecular formula is C24H35N3O2. The van der Waals surface area contributed by atoms with E-state index in [4.69, 9.17) is 0 Å². The summed E-state index contributed by atoms with van der Waals surface area (Å²) in [6.45, 7) is 2.80. The Hall–Kier alpha value is -1.88. The zero-order valence-electron chi connectivity index (χ0n) is 17.5. The van der Waals surface area contributed by atoms with Crippen LogP contribution in [-0.2, 0) is 16.1 Å². The minimum atomic E-state index is 0.165. The molecule has 0 aromatic heterocycles. The van der Waals surface area contributed by atoms with Gasteiger partial charge in [-0.05, 0) is 69.3 Å². The maximum atomic E-state index is 12.6. The summed E-state index contributed by atoms with van der Waals surface area (Å²) in [7, 11) is 0. The minimum Gasteiger partial charge on any atom is -0.353 e. The first-order valence-electron chi connectivity index (χ1n) is 11.6. The van der Waals surface area contributed by atoms with E-state index in [1.807, 2.05) is 12.1 Å². The Balaban J connectivity index is 1.22. The highest BCUT2D eigenvalue weighted by Gasteiger charge is 2.27. The van der Waals surface area contributed by atoms with Crippen molar-refractivity contribution in [1.29, 1.82) is 0 Å². The molecule has 2 saturated carbocycles. The highest BCUT2D eigenvalue weighted by atomic mass is 16.2. The Morgan fingerprint density at radius 1 is 0.862 bits per heavy atom. The largest absolute Gasteiger partial charge is 0.353 e. The van der Waals surface area contributed by atoms with Crippen LogP contribution >= 0.6 is 0 Å². The van der Waals surface area contributed by atoms with Crippen LogP contribution in [0.5, 0.6) is 0 Å². The molecule has 0 bridgehead atoms. The molecule has 2 amide bonds. The number of rotatable bonds is 6. The van der Waals surface area contributed by atoms with Crippen LogP contribution in [0.4, 0.5) is 5.69 Å². The van der Waals surface area contributed by atoms with Crippen LogP contribution in [0.1, 0.15) is 69.8 Å². The third-order valence-electron chi connectivity index (χ3n) is 6.99. The van der Waals surface area contributed by atoms with Crippen LogP contribution in [0.25, 0.3) is 0 Å². The Morgan fingerprint density at radius 2 is 1.59 bits per heavy atom. The molecule has 0 spiro atoms. The van der Waals surface area contributed by atoms with E-state index >= 15 is 0 Å². The maximum absolute atomic E-state index is 12.6. The first-order valence-corrected chi connectivity index (χ1v) is 11.6. The van der Waals surface area contributed by atoms with Crippen LogP contribution < -0.4 is 10.6 Å². The summed E-state index contributed by atoms with van der Waals surface area (Å²) >= 11 is 0. The van der Waals surface area contributed by atoms with Crippen molar-refractivity contribution in [3.8, 4) is 0 Å². The van der Waals surface area contributed by atoms with Gasteiger partial charge in [-0.15, -0.1) is 0 Å². The van der Waals surface area contributed by atoms with E-state index in [2.05, 4.69) is 27.7 Å². The molecule has 0 unspecified atom stereocenters. The van der Waals surface area contributed by atoms with Crippen molar-refractivity contribution in [3.63, 3.8) is 0 Å². The van der Waals surface area contributed by atoms with Gasteiger partial charge >= 0.3 is 0 Å². The highest BCUT2D eigenvalue weighted by molar-refractivity contribution is 5.93. The number of benzene rings is 1. The Kier molecular flexibility index (Phi) is 6.86. The summed E-state index contributed by atoms with van der Waals surface area (Å²) < 4.78 is 0. The standard InChI is InChI=1S/C24H35N3O2/c28-23(19-7-5-8-19)26-22-11-4-6-18(16-22)17-27-14-12-20(13-15-27)24(29)25-21-9-2-1-3-10-21/h4,6,11,16,19-21H,1-3,5,7-10,12-15,17H2,(H,25,29)(H,26,28). The summed E-state index contributed by atoms with van der Waals surface area (Å²) in [5, 5.41) is 6.37. The van der Waals surface area contributed by atoms with Gasteiger partial charge in [-0.25, -0.2) is 0 Å². The van der Waals surface area contributed by atoms with E-state index in [1.54, 1.807) is 0 Å². The minimum absolute atomic E-state index is 0.165. The molecule has 0 radical (unpaired) electrons.